The number of aliphatic hydroxyl groups excluding tert-OH is 1. The van der Waals surface area contributed by atoms with E-state index >= 15 is 0 Å². The molecule has 0 aliphatic carbocycles. The Bertz CT molecular complexity index is 233. The number of rotatable bonds is 3. The molecule has 1 aliphatic rings. The molecule has 0 bridgehead atoms. The molecule has 0 saturated heterocycles. The molecule has 1 atom stereocenters. The molecule has 0 aromatic rings. The minimum Gasteiger partial charge on any atom is -0.395 e. The zero-order valence-corrected chi connectivity index (χ0v) is 7.16. The standard InChI is InChI=1S/C9H13NO2/c1-3-8-6-7(2)10(4-5-11)9(8)12/h3,6-7,11H,1,4-5H2,2H3. The third kappa shape index (κ3) is 1.41. The average molecular weight is 167 g/mol. The molecular formula is C9H13NO2. The van der Waals surface area contributed by atoms with Crippen LogP contribution in [0.2, 0.25) is 0 Å². The van der Waals surface area contributed by atoms with Gasteiger partial charge in [0.05, 0.1) is 6.61 Å². The molecule has 66 valence electrons. The normalized spacial score (nSPS) is 22.8. The molecule has 1 N–H and O–H groups in total. The van der Waals surface area contributed by atoms with Crippen LogP contribution in [-0.2, 0) is 4.79 Å². The Kier molecular flexibility index (Phi) is 2.65. The fourth-order valence-electron chi connectivity index (χ4n) is 1.34. The van der Waals surface area contributed by atoms with Gasteiger partial charge in [0, 0.05) is 18.2 Å². The van der Waals surface area contributed by atoms with Gasteiger partial charge in [0.15, 0.2) is 0 Å². The van der Waals surface area contributed by atoms with Gasteiger partial charge in [-0.1, -0.05) is 12.7 Å². The number of carbonyl (C=O) groups is 1. The van der Waals surface area contributed by atoms with Crippen LogP contribution < -0.4 is 0 Å². The van der Waals surface area contributed by atoms with Gasteiger partial charge in [0.2, 0.25) is 0 Å². The van der Waals surface area contributed by atoms with E-state index in [1.54, 1.807) is 11.0 Å². The van der Waals surface area contributed by atoms with Crippen LogP contribution in [0.4, 0.5) is 0 Å². The first-order chi connectivity index (χ1) is 5.70. The second-order valence-electron chi connectivity index (χ2n) is 2.79. The summed E-state index contributed by atoms with van der Waals surface area (Å²) in [7, 11) is 0. The molecular weight excluding hydrogens is 154 g/mol. The van der Waals surface area contributed by atoms with E-state index in [0.717, 1.165) is 0 Å². The zero-order valence-electron chi connectivity index (χ0n) is 7.16. The SMILES string of the molecule is C=CC1=CC(C)N(CCO)C1=O. The molecule has 3 nitrogen and oxygen atoms in total. The first-order valence-corrected chi connectivity index (χ1v) is 3.96. The van der Waals surface area contributed by atoms with E-state index in [4.69, 9.17) is 5.11 Å². The van der Waals surface area contributed by atoms with Crippen LogP contribution in [0.25, 0.3) is 0 Å². The zero-order chi connectivity index (χ0) is 9.14. The van der Waals surface area contributed by atoms with Crippen molar-refractivity contribution in [2.45, 2.75) is 13.0 Å². The summed E-state index contributed by atoms with van der Waals surface area (Å²) in [6.45, 7) is 5.87. The van der Waals surface area contributed by atoms with Crippen molar-refractivity contribution in [1.82, 2.24) is 4.90 Å². The minimum absolute atomic E-state index is 0.00828. The number of carbonyl (C=O) groups excluding carboxylic acids is 1. The fraction of sp³-hybridized carbons (Fsp3) is 0.444. The van der Waals surface area contributed by atoms with Gasteiger partial charge in [0.1, 0.15) is 0 Å². The highest BCUT2D eigenvalue weighted by atomic mass is 16.3. The molecule has 1 heterocycles. The van der Waals surface area contributed by atoms with Crippen molar-refractivity contribution < 1.29 is 9.90 Å². The van der Waals surface area contributed by atoms with E-state index in [1.807, 2.05) is 13.0 Å². The summed E-state index contributed by atoms with van der Waals surface area (Å²) in [6.07, 6.45) is 3.40. The molecule has 3 heteroatoms. The summed E-state index contributed by atoms with van der Waals surface area (Å²) in [4.78, 5) is 13.0. The van der Waals surface area contributed by atoms with Crippen LogP contribution >= 0.6 is 0 Å². The first-order valence-electron chi connectivity index (χ1n) is 3.96. The van der Waals surface area contributed by atoms with E-state index in [9.17, 15) is 4.79 Å². The lowest BCUT2D eigenvalue weighted by Gasteiger charge is -2.20. The van der Waals surface area contributed by atoms with E-state index in [1.165, 1.54) is 0 Å². The lowest BCUT2D eigenvalue weighted by molar-refractivity contribution is -0.126. The third-order valence-electron chi connectivity index (χ3n) is 1.98. The maximum absolute atomic E-state index is 11.4. The quantitative estimate of drug-likeness (QED) is 0.657. The van der Waals surface area contributed by atoms with Crippen molar-refractivity contribution in [2.24, 2.45) is 0 Å². The average Bonchev–Trinajstić information content (AvgIpc) is 2.32. The lowest BCUT2D eigenvalue weighted by Crippen LogP contribution is -2.34. The van der Waals surface area contributed by atoms with Crippen LogP contribution in [-0.4, -0.2) is 35.1 Å². The van der Waals surface area contributed by atoms with Gasteiger partial charge < -0.3 is 10.0 Å². The van der Waals surface area contributed by atoms with Gasteiger partial charge in [-0.05, 0) is 13.0 Å². The predicted octanol–water partition coefficient (Wildman–Crippen LogP) is 0.322. The largest absolute Gasteiger partial charge is 0.395 e. The van der Waals surface area contributed by atoms with E-state index < -0.39 is 0 Å². The van der Waals surface area contributed by atoms with E-state index in [0.29, 0.717) is 12.1 Å². The molecule has 0 spiro atoms. The molecule has 1 rings (SSSR count). The molecule has 0 aromatic carbocycles. The predicted molar refractivity (Wildman–Crippen MR) is 46.5 cm³/mol. The number of β-amino-alcohol motifs (C(OH)–C–C–N with tert-alkyl or cyclic N) is 1. The minimum atomic E-state index is -0.0356. The maximum atomic E-state index is 11.4. The van der Waals surface area contributed by atoms with Gasteiger partial charge >= 0.3 is 0 Å². The van der Waals surface area contributed by atoms with Crippen molar-refractivity contribution in [3.63, 3.8) is 0 Å². The van der Waals surface area contributed by atoms with Gasteiger partial charge in [-0.25, -0.2) is 0 Å². The highest BCUT2D eigenvalue weighted by Crippen LogP contribution is 2.17. The number of hydrogen-bond donors (Lipinski definition) is 1. The Morgan fingerprint density at radius 2 is 2.50 bits per heavy atom. The fourth-order valence-corrected chi connectivity index (χ4v) is 1.34. The summed E-state index contributed by atoms with van der Waals surface area (Å²) in [5, 5.41) is 8.68. The Morgan fingerprint density at radius 1 is 1.83 bits per heavy atom. The van der Waals surface area contributed by atoms with Gasteiger partial charge in [-0.2, -0.15) is 0 Å². The number of amides is 1. The molecule has 0 saturated carbocycles. The second kappa shape index (κ2) is 3.54. The second-order valence-corrected chi connectivity index (χ2v) is 2.79. The number of nitrogens with zero attached hydrogens (tertiary/aromatic N) is 1. The summed E-state index contributed by atoms with van der Waals surface area (Å²) in [6, 6.07) is 0.0812. The summed E-state index contributed by atoms with van der Waals surface area (Å²) >= 11 is 0. The topological polar surface area (TPSA) is 40.5 Å². The number of hydrogen-bond acceptors (Lipinski definition) is 2. The lowest BCUT2D eigenvalue weighted by atomic mass is 10.2. The van der Waals surface area contributed by atoms with E-state index in [2.05, 4.69) is 6.58 Å². The molecule has 1 aliphatic heterocycles. The summed E-state index contributed by atoms with van der Waals surface area (Å²) in [5.41, 5.74) is 0.635. The van der Waals surface area contributed by atoms with E-state index in [-0.39, 0.29) is 18.6 Å². The Hall–Kier alpha value is -1.09. The molecule has 12 heavy (non-hydrogen) atoms. The van der Waals surface area contributed by atoms with Crippen LogP contribution in [0.15, 0.2) is 24.3 Å². The summed E-state index contributed by atoms with van der Waals surface area (Å²) in [5.74, 6) is -0.0356. The van der Waals surface area contributed by atoms with Crippen LogP contribution in [0.5, 0.6) is 0 Å². The monoisotopic (exact) mass is 167 g/mol. The smallest absolute Gasteiger partial charge is 0.254 e. The molecule has 0 fully saturated rings. The van der Waals surface area contributed by atoms with Crippen molar-refractivity contribution >= 4 is 5.91 Å². The van der Waals surface area contributed by atoms with Crippen LogP contribution in [0, 0.1) is 0 Å². The van der Waals surface area contributed by atoms with Crippen molar-refractivity contribution in [3.05, 3.63) is 24.3 Å². The molecule has 1 unspecified atom stereocenters. The highest BCUT2D eigenvalue weighted by Gasteiger charge is 2.26. The summed E-state index contributed by atoms with van der Waals surface area (Å²) < 4.78 is 0. The Morgan fingerprint density at radius 3 is 2.92 bits per heavy atom. The van der Waals surface area contributed by atoms with Gasteiger partial charge in [-0.15, -0.1) is 0 Å². The van der Waals surface area contributed by atoms with Crippen LogP contribution in [0.3, 0.4) is 0 Å². The van der Waals surface area contributed by atoms with Crippen molar-refractivity contribution in [1.29, 1.82) is 0 Å². The van der Waals surface area contributed by atoms with Crippen molar-refractivity contribution in [3.8, 4) is 0 Å². The maximum Gasteiger partial charge on any atom is 0.254 e. The molecule has 1 amide bonds. The Balaban J connectivity index is 2.73. The van der Waals surface area contributed by atoms with Crippen LogP contribution in [0.1, 0.15) is 6.92 Å². The van der Waals surface area contributed by atoms with Gasteiger partial charge in [0.25, 0.3) is 5.91 Å². The van der Waals surface area contributed by atoms with Crippen molar-refractivity contribution in [2.75, 3.05) is 13.2 Å². The molecule has 0 radical (unpaired) electrons. The first kappa shape index (κ1) is 9.00. The Labute approximate surface area is 72.0 Å². The third-order valence-corrected chi connectivity index (χ3v) is 1.98. The number of aliphatic hydroxyl groups is 1. The van der Waals surface area contributed by atoms with Gasteiger partial charge in [-0.3, -0.25) is 4.79 Å². The highest BCUT2D eigenvalue weighted by molar-refractivity contribution is 5.98. The molecule has 0 aromatic heterocycles.